The SMILES string of the molecule is NC(N)=NN=Cc1cc(F)c(F)cc1Cl. The third-order valence-electron chi connectivity index (χ3n) is 1.41. The van der Waals surface area contributed by atoms with Crippen molar-refractivity contribution >= 4 is 23.8 Å². The Morgan fingerprint density at radius 1 is 1.27 bits per heavy atom. The molecule has 0 aliphatic heterocycles. The molecule has 0 saturated heterocycles. The van der Waals surface area contributed by atoms with E-state index >= 15 is 0 Å². The smallest absolute Gasteiger partial charge is 0.211 e. The average molecular weight is 233 g/mol. The van der Waals surface area contributed by atoms with E-state index in [2.05, 4.69) is 10.2 Å². The summed E-state index contributed by atoms with van der Waals surface area (Å²) in [6.45, 7) is 0. The standard InChI is InChI=1S/C8H7ClF2N4/c9-5-2-7(11)6(10)1-4(5)3-14-15-8(12)13/h1-3H,(H4,12,13,15). The van der Waals surface area contributed by atoms with Gasteiger partial charge in [-0.1, -0.05) is 11.6 Å². The maximum Gasteiger partial charge on any atom is 0.211 e. The van der Waals surface area contributed by atoms with E-state index in [0.29, 0.717) is 0 Å². The Morgan fingerprint density at radius 3 is 2.47 bits per heavy atom. The monoisotopic (exact) mass is 232 g/mol. The Bertz CT molecular complexity index is 427. The first-order chi connectivity index (χ1) is 7.00. The highest BCUT2D eigenvalue weighted by molar-refractivity contribution is 6.33. The number of halogens is 3. The van der Waals surface area contributed by atoms with Crippen LogP contribution < -0.4 is 11.5 Å². The molecule has 80 valence electrons. The van der Waals surface area contributed by atoms with Crippen molar-refractivity contribution in [3.63, 3.8) is 0 Å². The Balaban J connectivity index is 3.01. The summed E-state index contributed by atoms with van der Waals surface area (Å²) in [4.78, 5) is 0. The molecular formula is C8H7ClF2N4. The van der Waals surface area contributed by atoms with Crippen LogP contribution in [0.15, 0.2) is 22.3 Å². The van der Waals surface area contributed by atoms with Gasteiger partial charge >= 0.3 is 0 Å². The first-order valence-electron chi connectivity index (χ1n) is 3.77. The number of nitrogens with two attached hydrogens (primary N) is 2. The highest BCUT2D eigenvalue weighted by Gasteiger charge is 2.06. The lowest BCUT2D eigenvalue weighted by atomic mass is 10.2. The summed E-state index contributed by atoms with van der Waals surface area (Å²) >= 11 is 5.61. The van der Waals surface area contributed by atoms with Gasteiger partial charge in [0.05, 0.1) is 11.2 Å². The molecule has 15 heavy (non-hydrogen) atoms. The van der Waals surface area contributed by atoms with Gasteiger partial charge in [0.25, 0.3) is 0 Å². The largest absolute Gasteiger partial charge is 0.369 e. The van der Waals surface area contributed by atoms with Crippen molar-refractivity contribution in [2.45, 2.75) is 0 Å². The second-order valence-electron chi connectivity index (χ2n) is 2.56. The molecule has 0 fully saturated rings. The van der Waals surface area contributed by atoms with Gasteiger partial charge in [0.2, 0.25) is 5.96 Å². The van der Waals surface area contributed by atoms with E-state index in [4.69, 9.17) is 23.1 Å². The lowest BCUT2D eigenvalue weighted by Gasteiger charge is -1.98. The zero-order valence-corrected chi connectivity index (χ0v) is 8.17. The maximum absolute atomic E-state index is 12.8. The molecule has 4 N–H and O–H groups in total. The van der Waals surface area contributed by atoms with Gasteiger partial charge in [-0.15, -0.1) is 5.10 Å². The van der Waals surface area contributed by atoms with E-state index in [9.17, 15) is 8.78 Å². The highest BCUT2D eigenvalue weighted by Crippen LogP contribution is 2.18. The number of rotatable bonds is 2. The maximum atomic E-state index is 12.8. The molecule has 0 aliphatic rings. The summed E-state index contributed by atoms with van der Waals surface area (Å²) in [7, 11) is 0. The summed E-state index contributed by atoms with van der Waals surface area (Å²) in [6, 6.07) is 1.73. The van der Waals surface area contributed by atoms with Gasteiger partial charge in [0.15, 0.2) is 11.6 Å². The molecule has 0 atom stereocenters. The topological polar surface area (TPSA) is 76.8 Å². The van der Waals surface area contributed by atoms with Crippen molar-refractivity contribution in [1.29, 1.82) is 0 Å². The predicted octanol–water partition coefficient (Wildman–Crippen LogP) is 1.23. The molecule has 0 amide bonds. The van der Waals surface area contributed by atoms with Gasteiger partial charge in [-0.05, 0) is 12.1 Å². The summed E-state index contributed by atoms with van der Waals surface area (Å²) in [5.41, 5.74) is 10.2. The van der Waals surface area contributed by atoms with Crippen molar-refractivity contribution in [2.24, 2.45) is 21.7 Å². The molecule has 0 heterocycles. The lowest BCUT2D eigenvalue weighted by molar-refractivity contribution is 0.508. The van der Waals surface area contributed by atoms with Crippen LogP contribution in [0.2, 0.25) is 5.02 Å². The van der Waals surface area contributed by atoms with Gasteiger partial charge in [0.1, 0.15) is 0 Å². The highest BCUT2D eigenvalue weighted by atomic mass is 35.5. The van der Waals surface area contributed by atoms with Crippen LogP contribution >= 0.6 is 11.6 Å². The molecule has 4 nitrogen and oxygen atoms in total. The second-order valence-corrected chi connectivity index (χ2v) is 2.96. The van der Waals surface area contributed by atoms with Crippen molar-refractivity contribution in [1.82, 2.24) is 0 Å². The van der Waals surface area contributed by atoms with Crippen molar-refractivity contribution < 1.29 is 8.78 Å². The number of hydrogen-bond donors (Lipinski definition) is 2. The first kappa shape index (κ1) is 11.4. The zero-order chi connectivity index (χ0) is 11.4. The third-order valence-corrected chi connectivity index (χ3v) is 1.74. The van der Waals surface area contributed by atoms with Gasteiger partial charge in [-0.25, -0.2) is 8.78 Å². The van der Waals surface area contributed by atoms with Crippen LogP contribution in [0.1, 0.15) is 5.56 Å². The molecular weight excluding hydrogens is 226 g/mol. The molecule has 0 aliphatic carbocycles. The Hall–Kier alpha value is -1.69. The van der Waals surface area contributed by atoms with Gasteiger partial charge in [-0.2, -0.15) is 5.10 Å². The fraction of sp³-hybridized carbons (Fsp3) is 0. The van der Waals surface area contributed by atoms with Crippen LogP contribution in [0, 0.1) is 11.6 Å². The molecule has 1 aromatic rings. The molecule has 0 unspecified atom stereocenters. The Kier molecular flexibility index (Phi) is 3.56. The number of nitrogens with zero attached hydrogens (tertiary/aromatic N) is 2. The fourth-order valence-electron chi connectivity index (χ4n) is 0.795. The molecule has 0 radical (unpaired) electrons. The Morgan fingerprint density at radius 2 is 1.87 bits per heavy atom. The summed E-state index contributed by atoms with van der Waals surface area (Å²) in [5, 5.41) is 6.71. The van der Waals surface area contributed by atoms with Gasteiger partial charge in [-0.3, -0.25) is 0 Å². The number of hydrogen-bond acceptors (Lipinski definition) is 2. The van der Waals surface area contributed by atoms with E-state index < -0.39 is 11.6 Å². The molecule has 1 aromatic carbocycles. The summed E-state index contributed by atoms with van der Waals surface area (Å²) in [6.07, 6.45) is 1.12. The minimum Gasteiger partial charge on any atom is -0.369 e. The van der Waals surface area contributed by atoms with Crippen molar-refractivity contribution in [3.05, 3.63) is 34.4 Å². The predicted molar refractivity (Wildman–Crippen MR) is 54.8 cm³/mol. The van der Waals surface area contributed by atoms with Crippen LogP contribution in [0.4, 0.5) is 8.78 Å². The number of guanidine groups is 1. The third kappa shape index (κ3) is 3.17. The zero-order valence-electron chi connectivity index (χ0n) is 7.42. The molecule has 1 rings (SSSR count). The minimum absolute atomic E-state index is 0.0171. The molecule has 7 heteroatoms. The van der Waals surface area contributed by atoms with Crippen LogP contribution in [0.3, 0.4) is 0 Å². The summed E-state index contributed by atoms with van der Waals surface area (Å²) < 4.78 is 25.4. The lowest BCUT2D eigenvalue weighted by Crippen LogP contribution is -2.21. The summed E-state index contributed by atoms with van der Waals surface area (Å²) in [5.74, 6) is -2.30. The molecule has 0 bridgehead atoms. The van der Waals surface area contributed by atoms with E-state index in [1.165, 1.54) is 0 Å². The van der Waals surface area contributed by atoms with Crippen LogP contribution in [0.5, 0.6) is 0 Å². The van der Waals surface area contributed by atoms with Crippen molar-refractivity contribution in [2.75, 3.05) is 0 Å². The van der Waals surface area contributed by atoms with Crippen LogP contribution in [0.25, 0.3) is 0 Å². The van der Waals surface area contributed by atoms with E-state index in [-0.39, 0.29) is 16.5 Å². The van der Waals surface area contributed by atoms with Crippen molar-refractivity contribution in [3.8, 4) is 0 Å². The molecule has 0 spiro atoms. The second kappa shape index (κ2) is 4.70. The van der Waals surface area contributed by atoms with E-state index in [1.807, 2.05) is 0 Å². The van der Waals surface area contributed by atoms with Gasteiger partial charge in [0, 0.05) is 5.56 Å². The molecule has 0 saturated carbocycles. The fourth-order valence-corrected chi connectivity index (χ4v) is 0.994. The Labute approximate surface area is 89.2 Å². The van der Waals surface area contributed by atoms with E-state index in [0.717, 1.165) is 18.3 Å². The van der Waals surface area contributed by atoms with Gasteiger partial charge < -0.3 is 11.5 Å². The first-order valence-corrected chi connectivity index (χ1v) is 4.15. The minimum atomic E-state index is -1.03. The van der Waals surface area contributed by atoms with E-state index in [1.54, 1.807) is 0 Å². The van der Waals surface area contributed by atoms with Crippen LogP contribution in [-0.2, 0) is 0 Å². The molecule has 0 aromatic heterocycles. The quantitative estimate of drug-likeness (QED) is 0.348. The average Bonchev–Trinajstić information content (AvgIpc) is 2.13. The van der Waals surface area contributed by atoms with Crippen LogP contribution in [-0.4, -0.2) is 12.2 Å². The normalized spacial score (nSPS) is 10.6. The number of benzene rings is 1.